The summed E-state index contributed by atoms with van der Waals surface area (Å²) in [5.74, 6) is 0.214. The molecule has 2 aliphatic carbocycles. The molecule has 2 atom stereocenters. The fourth-order valence-corrected chi connectivity index (χ4v) is 5.85. The van der Waals surface area contributed by atoms with Crippen LogP contribution < -0.4 is 9.47 Å². The molecule has 7 nitrogen and oxygen atoms in total. The standard InChI is InChI=1S/C25H32N2O5/c1-25(2)10-9-17-18-13-20(32-12-4-11-31-3)21(15-5-6-15)27(30)22(18)19-8-7-16(24(28)29)14-26(19)23(17)25/h8,13-15,17,23H,4-7,9-12H2,1-3H3,(H,28,29). The van der Waals surface area contributed by atoms with Gasteiger partial charge in [-0.05, 0) is 43.2 Å². The maximum atomic E-state index is 13.8. The molecule has 3 heterocycles. The smallest absolute Gasteiger partial charge is 0.333 e. The van der Waals surface area contributed by atoms with Crippen molar-refractivity contribution in [2.45, 2.75) is 70.3 Å². The van der Waals surface area contributed by atoms with E-state index in [1.54, 1.807) is 13.3 Å². The highest BCUT2D eigenvalue weighted by molar-refractivity contribution is 5.88. The van der Waals surface area contributed by atoms with Crippen LogP contribution in [0.5, 0.6) is 5.75 Å². The molecule has 2 aliphatic heterocycles. The maximum Gasteiger partial charge on any atom is 0.333 e. The molecule has 7 heteroatoms. The van der Waals surface area contributed by atoms with Crippen LogP contribution in [0.1, 0.15) is 81.2 Å². The molecule has 0 bridgehead atoms. The Balaban J connectivity index is 1.63. The summed E-state index contributed by atoms with van der Waals surface area (Å²) in [7, 11) is 1.68. The Hall–Kier alpha value is -2.54. The molecular formula is C25H32N2O5. The number of pyridine rings is 1. The van der Waals surface area contributed by atoms with Crippen LogP contribution in [-0.4, -0.2) is 42.3 Å². The number of fused-ring (bicyclic) bond motifs is 6. The van der Waals surface area contributed by atoms with Crippen LogP contribution in [0.25, 0.3) is 5.70 Å². The fraction of sp³-hybridized carbons (Fsp3) is 0.600. The van der Waals surface area contributed by atoms with Gasteiger partial charge in [0.1, 0.15) is 5.70 Å². The summed E-state index contributed by atoms with van der Waals surface area (Å²) in [6.45, 7) is 5.63. The molecule has 172 valence electrons. The molecular weight excluding hydrogens is 408 g/mol. The van der Waals surface area contributed by atoms with E-state index in [2.05, 4.69) is 24.8 Å². The minimum Gasteiger partial charge on any atom is -0.618 e. The zero-order valence-corrected chi connectivity index (χ0v) is 19.1. The number of methoxy groups -OCH3 is 1. The summed E-state index contributed by atoms with van der Waals surface area (Å²) in [6, 6.07) is 2.24. The molecule has 1 N–H and O–H groups in total. The number of hydrogen-bond acceptors (Lipinski definition) is 5. The summed E-state index contributed by atoms with van der Waals surface area (Å²) in [4.78, 5) is 13.8. The van der Waals surface area contributed by atoms with E-state index in [1.165, 1.54) is 0 Å². The number of rotatable bonds is 7. The average molecular weight is 441 g/mol. The predicted molar refractivity (Wildman–Crippen MR) is 119 cm³/mol. The minimum absolute atomic E-state index is 0.00125. The second-order valence-corrected chi connectivity index (χ2v) is 10.2. The highest BCUT2D eigenvalue weighted by Crippen LogP contribution is 2.56. The van der Waals surface area contributed by atoms with Crippen LogP contribution in [0.4, 0.5) is 0 Å². The van der Waals surface area contributed by atoms with Crippen LogP contribution in [0, 0.1) is 10.6 Å². The molecule has 0 amide bonds. The quantitative estimate of drug-likeness (QED) is 0.393. The SMILES string of the molecule is COCCCOc1cc2c([n+]([O-])c1C1CC1)C1=CCC(C(=O)O)=CN1C1C2CCC1(C)C. The molecule has 32 heavy (non-hydrogen) atoms. The lowest BCUT2D eigenvalue weighted by atomic mass is 9.77. The Bertz CT molecular complexity index is 1010. The number of carbonyl (C=O) groups is 1. The van der Waals surface area contributed by atoms with Crippen molar-refractivity contribution in [3.8, 4) is 5.75 Å². The Labute approximate surface area is 188 Å². The number of aliphatic carboxylic acids is 1. The normalized spacial score (nSPS) is 25.4. The molecule has 1 aromatic rings. The summed E-state index contributed by atoms with van der Waals surface area (Å²) < 4.78 is 12.4. The van der Waals surface area contributed by atoms with E-state index in [1.807, 2.05) is 6.08 Å². The lowest BCUT2D eigenvalue weighted by Gasteiger charge is -2.45. The van der Waals surface area contributed by atoms with Crippen molar-refractivity contribution >= 4 is 11.7 Å². The monoisotopic (exact) mass is 440 g/mol. The number of ether oxygens (including phenoxy) is 2. The van der Waals surface area contributed by atoms with Crippen molar-refractivity contribution in [3.63, 3.8) is 0 Å². The molecule has 1 aromatic heterocycles. The van der Waals surface area contributed by atoms with E-state index < -0.39 is 5.97 Å². The van der Waals surface area contributed by atoms with E-state index >= 15 is 0 Å². The Kier molecular flexibility index (Phi) is 5.19. The minimum atomic E-state index is -0.896. The van der Waals surface area contributed by atoms with E-state index in [9.17, 15) is 15.1 Å². The summed E-state index contributed by atoms with van der Waals surface area (Å²) in [6.07, 6.45) is 8.80. The second kappa shape index (κ2) is 7.80. The van der Waals surface area contributed by atoms with Crippen molar-refractivity contribution in [1.29, 1.82) is 0 Å². The largest absolute Gasteiger partial charge is 0.618 e. The van der Waals surface area contributed by atoms with E-state index in [-0.39, 0.29) is 23.3 Å². The van der Waals surface area contributed by atoms with Gasteiger partial charge in [0.15, 0.2) is 5.75 Å². The van der Waals surface area contributed by atoms with E-state index in [0.717, 1.165) is 53.8 Å². The Morgan fingerprint density at radius 3 is 2.78 bits per heavy atom. The lowest BCUT2D eigenvalue weighted by Crippen LogP contribution is -2.50. The van der Waals surface area contributed by atoms with E-state index in [0.29, 0.717) is 36.7 Å². The Morgan fingerprint density at radius 2 is 2.09 bits per heavy atom. The molecule has 0 radical (unpaired) electrons. The predicted octanol–water partition coefficient (Wildman–Crippen LogP) is 3.91. The van der Waals surface area contributed by atoms with Gasteiger partial charge in [-0.2, -0.15) is 4.73 Å². The first-order chi connectivity index (χ1) is 15.3. The van der Waals surface area contributed by atoms with Gasteiger partial charge in [-0.1, -0.05) is 13.8 Å². The number of aromatic nitrogens is 1. The van der Waals surface area contributed by atoms with Gasteiger partial charge >= 0.3 is 5.97 Å². The van der Waals surface area contributed by atoms with Gasteiger partial charge in [0.2, 0.25) is 11.4 Å². The third-order valence-corrected chi connectivity index (χ3v) is 7.54. The number of nitrogens with zero attached hydrogens (tertiary/aromatic N) is 2. The van der Waals surface area contributed by atoms with Crippen molar-refractivity contribution in [1.82, 2.24) is 4.90 Å². The van der Waals surface area contributed by atoms with Gasteiger partial charge in [-0.3, -0.25) is 0 Å². The van der Waals surface area contributed by atoms with Crippen LogP contribution in [0.3, 0.4) is 0 Å². The highest BCUT2D eigenvalue weighted by Gasteiger charge is 2.54. The number of hydrogen-bond donors (Lipinski definition) is 1. The summed E-state index contributed by atoms with van der Waals surface area (Å²) in [5.41, 5.74) is 3.69. The molecule has 2 fully saturated rings. The van der Waals surface area contributed by atoms with Crippen molar-refractivity contribution in [2.24, 2.45) is 5.41 Å². The molecule has 0 aromatic carbocycles. The third kappa shape index (κ3) is 3.38. The fourth-order valence-electron chi connectivity index (χ4n) is 5.85. The molecule has 2 saturated carbocycles. The first-order valence-corrected chi connectivity index (χ1v) is 11.7. The zero-order valence-electron chi connectivity index (χ0n) is 19.1. The number of carboxylic acid groups (broad SMARTS) is 1. The van der Waals surface area contributed by atoms with Crippen LogP contribution >= 0.6 is 0 Å². The molecule has 4 aliphatic rings. The number of carboxylic acids is 1. The second-order valence-electron chi connectivity index (χ2n) is 10.2. The molecule has 0 spiro atoms. The van der Waals surface area contributed by atoms with Gasteiger partial charge in [0.25, 0.3) is 0 Å². The first-order valence-electron chi connectivity index (χ1n) is 11.7. The van der Waals surface area contributed by atoms with Gasteiger partial charge in [0, 0.05) is 56.2 Å². The van der Waals surface area contributed by atoms with Crippen LogP contribution in [0.2, 0.25) is 0 Å². The van der Waals surface area contributed by atoms with Gasteiger partial charge < -0.3 is 24.7 Å². The van der Waals surface area contributed by atoms with Crippen LogP contribution in [0.15, 0.2) is 23.9 Å². The summed E-state index contributed by atoms with van der Waals surface area (Å²) >= 11 is 0. The van der Waals surface area contributed by atoms with Crippen molar-refractivity contribution in [2.75, 3.05) is 20.3 Å². The first kappa shape index (κ1) is 21.3. The third-order valence-electron chi connectivity index (χ3n) is 7.54. The van der Waals surface area contributed by atoms with Crippen LogP contribution in [-0.2, 0) is 9.53 Å². The average Bonchev–Trinajstić information content (AvgIpc) is 3.53. The lowest BCUT2D eigenvalue weighted by molar-refractivity contribution is -0.618. The van der Waals surface area contributed by atoms with Crippen molar-refractivity contribution in [3.05, 3.63) is 46.1 Å². The molecule has 0 saturated heterocycles. The maximum absolute atomic E-state index is 13.8. The topological polar surface area (TPSA) is 85.9 Å². The Morgan fingerprint density at radius 1 is 1.31 bits per heavy atom. The summed E-state index contributed by atoms with van der Waals surface area (Å²) in [5, 5.41) is 23.4. The highest BCUT2D eigenvalue weighted by atomic mass is 16.5. The number of allylic oxidation sites excluding steroid dienone is 1. The molecule has 2 unspecified atom stereocenters. The van der Waals surface area contributed by atoms with Gasteiger partial charge in [-0.15, -0.1) is 0 Å². The zero-order chi connectivity index (χ0) is 22.6. The van der Waals surface area contributed by atoms with Gasteiger partial charge in [-0.25, -0.2) is 4.79 Å². The van der Waals surface area contributed by atoms with Crippen molar-refractivity contribution < 1.29 is 24.1 Å². The molecule has 5 rings (SSSR count). The van der Waals surface area contributed by atoms with Gasteiger partial charge in [0.05, 0.1) is 12.2 Å². The van der Waals surface area contributed by atoms with E-state index in [4.69, 9.17) is 9.47 Å².